The minimum Gasteiger partial charge on any atom is -0.383 e. The predicted molar refractivity (Wildman–Crippen MR) is 72.2 cm³/mol. The average molecular weight is 269 g/mol. The zero-order chi connectivity index (χ0) is 12.6. The number of nitrogen functional groups attached to an aromatic ring is 1. The maximum atomic E-state index is 5.93. The lowest BCUT2D eigenvalue weighted by molar-refractivity contribution is -0.00616. The maximum absolute atomic E-state index is 5.93. The van der Waals surface area contributed by atoms with Crippen LogP contribution in [0.2, 0.25) is 0 Å². The van der Waals surface area contributed by atoms with E-state index in [2.05, 4.69) is 9.69 Å². The Bertz CT molecular complexity index is 425. The summed E-state index contributed by atoms with van der Waals surface area (Å²) in [5.74, 6) is 1.31. The molecule has 2 heterocycles. The topological polar surface area (TPSA) is 69.4 Å². The Kier molecular flexibility index (Phi) is 3.17. The molecule has 0 radical (unpaired) electrons. The molecular formula is C12H19N3O2S. The van der Waals surface area contributed by atoms with E-state index in [-0.39, 0.29) is 5.60 Å². The maximum Gasteiger partial charge on any atom is 0.142 e. The normalized spacial score (nSPS) is 27.6. The molecule has 1 unspecified atom stereocenters. The molecule has 1 aliphatic heterocycles. The van der Waals surface area contributed by atoms with Crippen molar-refractivity contribution < 1.29 is 9.47 Å². The Morgan fingerprint density at radius 2 is 2.44 bits per heavy atom. The van der Waals surface area contributed by atoms with Crippen LogP contribution < -0.4 is 11.1 Å². The van der Waals surface area contributed by atoms with Crippen LogP contribution in [0.15, 0.2) is 0 Å². The van der Waals surface area contributed by atoms with E-state index in [1.807, 2.05) is 0 Å². The molecule has 0 aromatic carbocycles. The van der Waals surface area contributed by atoms with Gasteiger partial charge in [-0.15, -0.1) is 0 Å². The first-order valence-corrected chi connectivity index (χ1v) is 7.13. The fourth-order valence-corrected chi connectivity index (χ4v) is 3.20. The standard InChI is InChI=1S/C12H19N3O2S/c1-16-12(4-5-17-7-12)6-14-11-9(8-2-3-8)10(13)15-18-11/h8,14H,2-7H2,1H3,(H2,13,15). The Labute approximate surface area is 111 Å². The number of nitrogens with one attached hydrogen (secondary N) is 1. The highest BCUT2D eigenvalue weighted by molar-refractivity contribution is 7.10. The lowest BCUT2D eigenvalue weighted by Gasteiger charge is -2.26. The summed E-state index contributed by atoms with van der Waals surface area (Å²) in [5, 5.41) is 4.57. The first-order valence-electron chi connectivity index (χ1n) is 6.36. The van der Waals surface area contributed by atoms with E-state index < -0.39 is 0 Å². The molecule has 1 saturated heterocycles. The van der Waals surface area contributed by atoms with Crippen molar-refractivity contribution in [1.29, 1.82) is 0 Å². The molecule has 2 aliphatic rings. The van der Waals surface area contributed by atoms with Gasteiger partial charge in [0, 0.05) is 32.2 Å². The van der Waals surface area contributed by atoms with Crippen LogP contribution in [-0.4, -0.2) is 36.8 Å². The highest BCUT2D eigenvalue weighted by Gasteiger charge is 2.36. The fourth-order valence-electron chi connectivity index (χ4n) is 2.41. The van der Waals surface area contributed by atoms with Crippen LogP contribution in [0.25, 0.3) is 0 Å². The molecule has 18 heavy (non-hydrogen) atoms. The Morgan fingerprint density at radius 1 is 1.61 bits per heavy atom. The Hall–Kier alpha value is -0.850. The third kappa shape index (κ3) is 2.20. The molecule has 3 N–H and O–H groups in total. The van der Waals surface area contributed by atoms with Crippen molar-refractivity contribution in [2.75, 3.05) is 37.9 Å². The average Bonchev–Trinajstić information content (AvgIpc) is 2.98. The monoisotopic (exact) mass is 269 g/mol. The van der Waals surface area contributed by atoms with Crippen LogP contribution in [0.5, 0.6) is 0 Å². The van der Waals surface area contributed by atoms with Crippen LogP contribution in [-0.2, 0) is 9.47 Å². The SMILES string of the molecule is COC1(CNc2snc(N)c2C2CC2)CCOC1. The largest absolute Gasteiger partial charge is 0.383 e. The van der Waals surface area contributed by atoms with Gasteiger partial charge in [-0.1, -0.05) is 0 Å². The second-order valence-corrected chi connectivity index (χ2v) is 5.90. The van der Waals surface area contributed by atoms with Crippen molar-refractivity contribution in [3.63, 3.8) is 0 Å². The van der Waals surface area contributed by atoms with Gasteiger partial charge in [0.25, 0.3) is 0 Å². The molecule has 3 rings (SSSR count). The van der Waals surface area contributed by atoms with Crippen LogP contribution in [0.3, 0.4) is 0 Å². The zero-order valence-electron chi connectivity index (χ0n) is 10.6. The van der Waals surface area contributed by atoms with Crippen molar-refractivity contribution in [3.8, 4) is 0 Å². The van der Waals surface area contributed by atoms with Crippen molar-refractivity contribution in [1.82, 2.24) is 4.37 Å². The second kappa shape index (κ2) is 4.68. The van der Waals surface area contributed by atoms with Crippen LogP contribution in [0.4, 0.5) is 10.8 Å². The van der Waals surface area contributed by atoms with Gasteiger partial charge in [0.1, 0.15) is 16.4 Å². The van der Waals surface area contributed by atoms with E-state index in [0.29, 0.717) is 18.3 Å². The van der Waals surface area contributed by atoms with Gasteiger partial charge < -0.3 is 20.5 Å². The lowest BCUT2D eigenvalue weighted by atomic mass is 10.0. The van der Waals surface area contributed by atoms with Gasteiger partial charge >= 0.3 is 0 Å². The molecule has 1 saturated carbocycles. The van der Waals surface area contributed by atoms with E-state index in [1.54, 1.807) is 7.11 Å². The third-order valence-electron chi connectivity index (χ3n) is 3.81. The number of nitrogens with zero attached hydrogens (tertiary/aromatic N) is 1. The van der Waals surface area contributed by atoms with Crippen molar-refractivity contribution >= 4 is 22.4 Å². The first-order chi connectivity index (χ1) is 8.74. The smallest absolute Gasteiger partial charge is 0.142 e. The van der Waals surface area contributed by atoms with E-state index in [1.165, 1.54) is 29.9 Å². The second-order valence-electron chi connectivity index (χ2n) is 5.13. The summed E-state index contributed by atoms with van der Waals surface area (Å²) in [7, 11) is 1.75. The van der Waals surface area contributed by atoms with Gasteiger partial charge in [-0.2, -0.15) is 4.37 Å². The predicted octanol–water partition coefficient (Wildman–Crippen LogP) is 1.82. The number of hydrogen-bond acceptors (Lipinski definition) is 6. The molecule has 1 aromatic heterocycles. The van der Waals surface area contributed by atoms with Gasteiger partial charge in [0.2, 0.25) is 0 Å². The van der Waals surface area contributed by atoms with Crippen LogP contribution in [0.1, 0.15) is 30.7 Å². The summed E-state index contributed by atoms with van der Waals surface area (Å²) >= 11 is 1.45. The summed E-state index contributed by atoms with van der Waals surface area (Å²) in [6.07, 6.45) is 3.40. The fraction of sp³-hybridized carbons (Fsp3) is 0.750. The number of rotatable bonds is 5. The van der Waals surface area contributed by atoms with Gasteiger partial charge in [0.05, 0.1) is 6.61 Å². The lowest BCUT2D eigenvalue weighted by Crippen LogP contribution is -2.39. The minimum absolute atomic E-state index is 0.195. The molecular weight excluding hydrogens is 250 g/mol. The third-order valence-corrected chi connectivity index (χ3v) is 4.65. The number of aromatic nitrogens is 1. The molecule has 5 nitrogen and oxygen atoms in total. The Morgan fingerprint density at radius 3 is 3.06 bits per heavy atom. The quantitative estimate of drug-likeness (QED) is 0.853. The molecule has 1 aromatic rings. The van der Waals surface area contributed by atoms with Crippen molar-refractivity contribution in [2.45, 2.75) is 30.8 Å². The van der Waals surface area contributed by atoms with E-state index in [0.717, 1.165) is 24.6 Å². The number of ether oxygens (including phenoxy) is 2. The molecule has 0 bridgehead atoms. The zero-order valence-corrected chi connectivity index (χ0v) is 11.4. The summed E-state index contributed by atoms with van der Waals surface area (Å²) in [4.78, 5) is 0. The van der Waals surface area contributed by atoms with Crippen molar-refractivity contribution in [3.05, 3.63) is 5.56 Å². The molecule has 6 heteroatoms. The highest BCUT2D eigenvalue weighted by Crippen LogP contribution is 2.47. The van der Waals surface area contributed by atoms with Gasteiger partial charge in [-0.25, -0.2) is 0 Å². The van der Waals surface area contributed by atoms with Gasteiger partial charge in [-0.3, -0.25) is 0 Å². The molecule has 2 fully saturated rings. The molecule has 0 amide bonds. The molecule has 0 spiro atoms. The van der Waals surface area contributed by atoms with Gasteiger partial charge in [-0.05, 0) is 30.3 Å². The van der Waals surface area contributed by atoms with E-state index in [4.69, 9.17) is 15.2 Å². The van der Waals surface area contributed by atoms with E-state index in [9.17, 15) is 0 Å². The van der Waals surface area contributed by atoms with E-state index >= 15 is 0 Å². The van der Waals surface area contributed by atoms with Crippen molar-refractivity contribution in [2.24, 2.45) is 0 Å². The first kappa shape index (κ1) is 12.2. The number of methoxy groups -OCH3 is 1. The molecule has 100 valence electrons. The molecule has 1 atom stereocenters. The number of hydrogen-bond donors (Lipinski definition) is 2. The number of nitrogens with two attached hydrogens (primary N) is 1. The summed E-state index contributed by atoms with van der Waals surface area (Å²) in [6.45, 7) is 2.18. The highest BCUT2D eigenvalue weighted by atomic mass is 32.1. The summed E-state index contributed by atoms with van der Waals surface area (Å²) in [6, 6.07) is 0. The summed E-state index contributed by atoms with van der Waals surface area (Å²) < 4.78 is 15.3. The van der Waals surface area contributed by atoms with Gasteiger partial charge in [0.15, 0.2) is 0 Å². The van der Waals surface area contributed by atoms with Crippen LogP contribution in [0, 0.1) is 0 Å². The number of anilines is 2. The molecule has 1 aliphatic carbocycles. The summed E-state index contributed by atoms with van der Waals surface area (Å²) in [5.41, 5.74) is 6.95. The Balaban J connectivity index is 1.69. The van der Waals surface area contributed by atoms with Crippen LogP contribution >= 0.6 is 11.5 Å². The minimum atomic E-state index is -0.195.